The number of likely N-dealkylation sites (tertiary alicyclic amines) is 1. The van der Waals surface area contributed by atoms with Gasteiger partial charge in [0.2, 0.25) is 0 Å². The SMILES string of the molecule is O=C(/C=C/c1ccc2c(c1)/C(=N\O)CC1(CCN(Cc3ccccc3)CC1)O2)CO. The molecule has 4 rings (SSSR count). The van der Waals surface area contributed by atoms with E-state index in [4.69, 9.17) is 9.84 Å². The van der Waals surface area contributed by atoms with Gasteiger partial charge < -0.3 is 15.1 Å². The minimum absolute atomic E-state index is 0.355. The first-order chi connectivity index (χ1) is 14.6. The summed E-state index contributed by atoms with van der Waals surface area (Å²) in [4.78, 5) is 13.7. The third-order valence-corrected chi connectivity index (χ3v) is 5.89. The van der Waals surface area contributed by atoms with E-state index in [-0.39, 0.29) is 11.4 Å². The molecule has 156 valence electrons. The van der Waals surface area contributed by atoms with Gasteiger partial charge >= 0.3 is 0 Å². The zero-order valence-corrected chi connectivity index (χ0v) is 16.8. The zero-order chi connectivity index (χ0) is 21.0. The van der Waals surface area contributed by atoms with Gasteiger partial charge in [0.25, 0.3) is 0 Å². The standard InChI is InChI=1S/C24H26N2O4/c27-17-20(28)8-6-18-7-9-23-21(14-18)22(25-29)15-24(30-23)10-12-26(13-11-24)16-19-4-2-1-3-5-19/h1-9,14,27,29H,10-13,15-17H2/b8-6+,25-22-. The van der Waals surface area contributed by atoms with Crippen LogP contribution in [0.5, 0.6) is 5.75 Å². The summed E-state index contributed by atoms with van der Waals surface area (Å²) in [7, 11) is 0. The average molecular weight is 406 g/mol. The Labute approximate surface area is 176 Å². The molecule has 1 saturated heterocycles. The number of carbonyl (C=O) groups is 1. The maximum absolute atomic E-state index is 11.3. The highest BCUT2D eigenvalue weighted by Gasteiger charge is 2.42. The Bertz CT molecular complexity index is 960. The molecule has 2 heterocycles. The van der Waals surface area contributed by atoms with Crippen LogP contribution in [0.1, 0.15) is 36.0 Å². The summed E-state index contributed by atoms with van der Waals surface area (Å²) in [6.45, 7) is 2.26. The van der Waals surface area contributed by atoms with Gasteiger partial charge in [0.05, 0.1) is 5.71 Å². The van der Waals surface area contributed by atoms with Crippen LogP contribution in [0.25, 0.3) is 6.08 Å². The van der Waals surface area contributed by atoms with Gasteiger partial charge in [-0.2, -0.15) is 0 Å². The van der Waals surface area contributed by atoms with Crippen molar-refractivity contribution in [2.75, 3.05) is 19.7 Å². The van der Waals surface area contributed by atoms with E-state index in [0.29, 0.717) is 17.9 Å². The van der Waals surface area contributed by atoms with Crippen molar-refractivity contribution in [3.63, 3.8) is 0 Å². The highest BCUT2D eigenvalue weighted by atomic mass is 16.5. The zero-order valence-electron chi connectivity index (χ0n) is 16.8. The Morgan fingerprint density at radius 3 is 2.63 bits per heavy atom. The Morgan fingerprint density at radius 2 is 1.93 bits per heavy atom. The summed E-state index contributed by atoms with van der Waals surface area (Å²) in [5, 5.41) is 22.1. The lowest BCUT2D eigenvalue weighted by Gasteiger charge is -2.44. The van der Waals surface area contributed by atoms with Gasteiger partial charge in [-0.1, -0.05) is 47.6 Å². The van der Waals surface area contributed by atoms with E-state index in [0.717, 1.165) is 43.6 Å². The first-order valence-electron chi connectivity index (χ1n) is 10.2. The van der Waals surface area contributed by atoms with Crippen LogP contribution in [0, 0.1) is 0 Å². The summed E-state index contributed by atoms with van der Waals surface area (Å²) >= 11 is 0. The molecule has 2 aliphatic heterocycles. The van der Waals surface area contributed by atoms with E-state index in [1.165, 1.54) is 11.6 Å². The fourth-order valence-corrected chi connectivity index (χ4v) is 4.21. The van der Waals surface area contributed by atoms with Gasteiger partial charge in [-0.3, -0.25) is 9.69 Å². The monoisotopic (exact) mass is 406 g/mol. The van der Waals surface area contributed by atoms with E-state index in [9.17, 15) is 10.0 Å². The van der Waals surface area contributed by atoms with Gasteiger partial charge in [0.15, 0.2) is 5.78 Å². The largest absolute Gasteiger partial charge is 0.486 e. The number of benzene rings is 2. The van der Waals surface area contributed by atoms with E-state index in [1.807, 2.05) is 24.3 Å². The molecule has 2 N–H and O–H groups in total. The highest BCUT2D eigenvalue weighted by Crippen LogP contribution is 2.40. The first-order valence-corrected chi connectivity index (χ1v) is 10.2. The van der Waals surface area contributed by atoms with Crippen LogP contribution in [0.4, 0.5) is 0 Å². The fourth-order valence-electron chi connectivity index (χ4n) is 4.21. The van der Waals surface area contributed by atoms with Crippen molar-refractivity contribution in [1.82, 2.24) is 4.90 Å². The molecule has 2 aliphatic rings. The molecule has 2 aromatic rings. The van der Waals surface area contributed by atoms with Crippen LogP contribution < -0.4 is 4.74 Å². The molecule has 0 amide bonds. The molecule has 1 spiro atoms. The summed E-state index contributed by atoms with van der Waals surface area (Å²) in [6.07, 6.45) is 5.26. The predicted molar refractivity (Wildman–Crippen MR) is 115 cm³/mol. The molecule has 0 aromatic heterocycles. The molecule has 0 unspecified atom stereocenters. The second-order valence-corrected chi connectivity index (χ2v) is 7.98. The second-order valence-electron chi connectivity index (χ2n) is 7.98. The van der Waals surface area contributed by atoms with Crippen molar-refractivity contribution in [2.24, 2.45) is 5.16 Å². The lowest BCUT2D eigenvalue weighted by atomic mass is 9.81. The molecular weight excluding hydrogens is 380 g/mol. The van der Waals surface area contributed by atoms with Gasteiger partial charge in [-0.05, 0) is 29.3 Å². The van der Waals surface area contributed by atoms with E-state index < -0.39 is 6.61 Å². The van der Waals surface area contributed by atoms with E-state index in [1.54, 1.807) is 6.08 Å². The van der Waals surface area contributed by atoms with E-state index in [2.05, 4.69) is 34.3 Å². The first kappa shape index (κ1) is 20.3. The average Bonchev–Trinajstić information content (AvgIpc) is 2.79. The summed E-state index contributed by atoms with van der Waals surface area (Å²) in [6, 6.07) is 16.0. The molecule has 0 atom stereocenters. The van der Waals surface area contributed by atoms with Crippen molar-refractivity contribution in [3.05, 3.63) is 71.3 Å². The number of aliphatic hydroxyl groups is 1. The number of hydrogen-bond donors (Lipinski definition) is 2. The fraction of sp³-hybridized carbons (Fsp3) is 0.333. The maximum Gasteiger partial charge on any atom is 0.181 e. The molecular formula is C24H26N2O4. The minimum Gasteiger partial charge on any atom is -0.486 e. The number of ether oxygens (including phenoxy) is 1. The third kappa shape index (κ3) is 4.45. The van der Waals surface area contributed by atoms with Crippen LogP contribution in [0.15, 0.2) is 59.8 Å². The number of rotatable bonds is 5. The molecule has 1 fully saturated rings. The Hall–Kier alpha value is -2.96. The number of nitrogens with zero attached hydrogens (tertiary/aromatic N) is 2. The Balaban J connectivity index is 1.47. The van der Waals surface area contributed by atoms with Crippen LogP contribution in [-0.2, 0) is 11.3 Å². The van der Waals surface area contributed by atoms with Crippen molar-refractivity contribution in [2.45, 2.75) is 31.4 Å². The van der Waals surface area contributed by atoms with Crippen molar-refractivity contribution < 1.29 is 19.8 Å². The van der Waals surface area contributed by atoms with Crippen molar-refractivity contribution in [1.29, 1.82) is 0 Å². The maximum atomic E-state index is 11.3. The summed E-state index contributed by atoms with van der Waals surface area (Å²) in [5.41, 5.74) is 3.09. The lowest BCUT2D eigenvalue weighted by molar-refractivity contribution is -0.117. The molecule has 2 aromatic carbocycles. The number of piperidine rings is 1. The number of oxime groups is 1. The lowest BCUT2D eigenvalue weighted by Crippen LogP contribution is -2.50. The molecule has 0 aliphatic carbocycles. The highest BCUT2D eigenvalue weighted by molar-refractivity contribution is 6.04. The van der Waals surface area contributed by atoms with Crippen molar-refractivity contribution >= 4 is 17.6 Å². The molecule has 0 bridgehead atoms. The van der Waals surface area contributed by atoms with Crippen LogP contribution in [0.2, 0.25) is 0 Å². The smallest absolute Gasteiger partial charge is 0.181 e. The molecule has 0 radical (unpaired) electrons. The molecule has 0 saturated carbocycles. The van der Waals surface area contributed by atoms with Crippen molar-refractivity contribution in [3.8, 4) is 5.75 Å². The van der Waals surface area contributed by atoms with Gasteiger partial charge in [-0.25, -0.2) is 0 Å². The predicted octanol–water partition coefficient (Wildman–Crippen LogP) is 3.26. The molecule has 30 heavy (non-hydrogen) atoms. The van der Waals surface area contributed by atoms with Gasteiger partial charge in [0, 0.05) is 44.5 Å². The number of carbonyl (C=O) groups excluding carboxylic acids is 1. The second kappa shape index (κ2) is 8.81. The summed E-state index contributed by atoms with van der Waals surface area (Å²) < 4.78 is 6.44. The molecule has 6 heteroatoms. The van der Waals surface area contributed by atoms with Gasteiger partial charge in [0.1, 0.15) is 18.0 Å². The van der Waals surface area contributed by atoms with Crippen LogP contribution in [0.3, 0.4) is 0 Å². The van der Waals surface area contributed by atoms with E-state index >= 15 is 0 Å². The quantitative estimate of drug-likeness (QED) is 0.453. The minimum atomic E-state index is -0.516. The number of hydrogen-bond acceptors (Lipinski definition) is 6. The number of fused-ring (bicyclic) bond motifs is 1. The van der Waals surface area contributed by atoms with Crippen LogP contribution in [-0.4, -0.2) is 52.0 Å². The Morgan fingerprint density at radius 1 is 1.17 bits per heavy atom. The normalized spacial score (nSPS) is 19.7. The van der Waals surface area contributed by atoms with Gasteiger partial charge in [-0.15, -0.1) is 0 Å². The van der Waals surface area contributed by atoms with Crippen LogP contribution >= 0.6 is 0 Å². The topological polar surface area (TPSA) is 82.4 Å². The third-order valence-electron chi connectivity index (χ3n) is 5.89. The summed E-state index contributed by atoms with van der Waals surface area (Å²) in [5.74, 6) is 0.345. The number of aliphatic hydroxyl groups excluding tert-OH is 1. The molecule has 6 nitrogen and oxygen atoms in total. The Kier molecular flexibility index (Phi) is 5.97. The number of ketones is 1.